The molecular formula is C21H32N4O3. The number of hydrogen-bond acceptors (Lipinski definition) is 4. The summed E-state index contributed by atoms with van der Waals surface area (Å²) in [6, 6.07) is 8.07. The summed E-state index contributed by atoms with van der Waals surface area (Å²) >= 11 is 0. The highest BCUT2D eigenvalue weighted by Gasteiger charge is 2.34. The number of hydrogen-bond donors (Lipinski definition) is 3. The lowest BCUT2D eigenvalue weighted by molar-refractivity contribution is -0.117. The lowest BCUT2D eigenvalue weighted by Crippen LogP contribution is -2.44. The highest BCUT2D eigenvalue weighted by molar-refractivity contribution is 5.95. The van der Waals surface area contributed by atoms with Crippen LogP contribution >= 0.6 is 0 Å². The van der Waals surface area contributed by atoms with E-state index in [1.54, 1.807) is 0 Å². The molecule has 0 radical (unpaired) electrons. The number of anilines is 1. The molecule has 2 aliphatic heterocycles. The monoisotopic (exact) mass is 388 g/mol. The Morgan fingerprint density at radius 2 is 2.14 bits per heavy atom. The highest BCUT2D eigenvalue weighted by Crippen LogP contribution is 2.31. The lowest BCUT2D eigenvalue weighted by Gasteiger charge is -2.27. The third-order valence-corrected chi connectivity index (χ3v) is 5.54. The number of carbonyl (C=O) groups is 1. The molecule has 1 atom stereocenters. The van der Waals surface area contributed by atoms with Crippen molar-refractivity contribution in [3.05, 3.63) is 29.8 Å². The Labute approximate surface area is 167 Å². The molecule has 7 nitrogen and oxygen atoms in total. The molecule has 0 bridgehead atoms. The van der Waals surface area contributed by atoms with Gasteiger partial charge in [-0.15, -0.1) is 0 Å². The van der Waals surface area contributed by atoms with E-state index < -0.39 is 0 Å². The van der Waals surface area contributed by atoms with Crippen molar-refractivity contribution in [3.63, 3.8) is 0 Å². The molecule has 0 aliphatic carbocycles. The Hall–Kier alpha value is -2.12. The van der Waals surface area contributed by atoms with Crippen LogP contribution in [-0.4, -0.2) is 56.4 Å². The average Bonchev–Trinajstić information content (AvgIpc) is 3.34. The molecule has 1 amide bonds. The Kier molecular flexibility index (Phi) is 7.28. The maximum atomic E-state index is 11.9. The van der Waals surface area contributed by atoms with Gasteiger partial charge in [-0.1, -0.05) is 12.1 Å². The topological polar surface area (TPSA) is 86.2 Å². The van der Waals surface area contributed by atoms with Gasteiger partial charge in [0, 0.05) is 50.4 Å². The van der Waals surface area contributed by atoms with Gasteiger partial charge in [-0.2, -0.15) is 0 Å². The Morgan fingerprint density at radius 1 is 1.32 bits per heavy atom. The van der Waals surface area contributed by atoms with E-state index in [4.69, 9.17) is 4.74 Å². The number of nitrogens with zero attached hydrogens (tertiary/aromatic N) is 2. The zero-order valence-corrected chi connectivity index (χ0v) is 16.7. The van der Waals surface area contributed by atoms with Crippen LogP contribution < -0.4 is 15.5 Å². The van der Waals surface area contributed by atoms with Crippen molar-refractivity contribution in [3.8, 4) is 0 Å². The summed E-state index contributed by atoms with van der Waals surface area (Å²) in [4.78, 5) is 18.4. The Balaban J connectivity index is 1.58. The standard InChI is InChI=1S/C21H32N4O3/c1-2-22-20(24-15-21(9-12-26)10-13-28-16-21)23-14-17-5-7-18(8-6-17)25-11-3-4-19(25)27/h5-8,26H,2-4,9-16H2,1H3,(H2,22,23,24). The zero-order valence-electron chi connectivity index (χ0n) is 16.7. The smallest absolute Gasteiger partial charge is 0.227 e. The minimum absolute atomic E-state index is 0.0190. The fourth-order valence-electron chi connectivity index (χ4n) is 3.80. The number of aliphatic hydroxyl groups excluding tert-OH is 1. The van der Waals surface area contributed by atoms with E-state index in [-0.39, 0.29) is 17.9 Å². The van der Waals surface area contributed by atoms with Gasteiger partial charge in [0.2, 0.25) is 5.91 Å². The normalized spacial score (nSPS) is 22.7. The van der Waals surface area contributed by atoms with Gasteiger partial charge in [0.25, 0.3) is 0 Å². The van der Waals surface area contributed by atoms with Crippen LogP contribution in [0.5, 0.6) is 0 Å². The van der Waals surface area contributed by atoms with Gasteiger partial charge in [-0.25, -0.2) is 4.99 Å². The molecule has 154 valence electrons. The minimum Gasteiger partial charge on any atom is -0.396 e. The molecule has 2 saturated heterocycles. The number of amides is 1. The van der Waals surface area contributed by atoms with E-state index >= 15 is 0 Å². The molecule has 1 aromatic rings. The Bertz CT molecular complexity index is 669. The number of nitrogens with one attached hydrogen (secondary N) is 2. The third-order valence-electron chi connectivity index (χ3n) is 5.54. The molecule has 7 heteroatoms. The molecule has 0 spiro atoms. The summed E-state index contributed by atoms with van der Waals surface area (Å²) in [5.74, 6) is 0.975. The van der Waals surface area contributed by atoms with Gasteiger partial charge in [0.05, 0.1) is 13.2 Å². The summed E-state index contributed by atoms with van der Waals surface area (Å²) in [6.45, 7) is 6.53. The number of rotatable bonds is 8. The van der Waals surface area contributed by atoms with Crippen LogP contribution in [0.25, 0.3) is 0 Å². The first kappa shape index (κ1) is 20.6. The fourth-order valence-corrected chi connectivity index (χ4v) is 3.80. The van der Waals surface area contributed by atoms with Crippen molar-refractivity contribution in [2.75, 3.05) is 44.4 Å². The predicted molar refractivity (Wildman–Crippen MR) is 110 cm³/mol. The molecular weight excluding hydrogens is 356 g/mol. The molecule has 3 rings (SSSR count). The van der Waals surface area contributed by atoms with Gasteiger partial charge in [0.1, 0.15) is 0 Å². The van der Waals surface area contributed by atoms with Crippen molar-refractivity contribution < 1.29 is 14.6 Å². The van der Waals surface area contributed by atoms with E-state index in [1.807, 2.05) is 36.1 Å². The van der Waals surface area contributed by atoms with Crippen molar-refractivity contribution in [1.82, 2.24) is 10.6 Å². The van der Waals surface area contributed by atoms with E-state index in [1.165, 1.54) is 0 Å². The molecule has 1 aromatic carbocycles. The lowest BCUT2D eigenvalue weighted by atomic mass is 9.84. The van der Waals surface area contributed by atoms with Crippen molar-refractivity contribution >= 4 is 17.6 Å². The number of ether oxygens (including phenoxy) is 1. The van der Waals surface area contributed by atoms with Crippen LogP contribution in [0.2, 0.25) is 0 Å². The molecule has 0 aromatic heterocycles. The molecule has 2 aliphatic rings. The van der Waals surface area contributed by atoms with Crippen molar-refractivity contribution in [2.24, 2.45) is 10.4 Å². The summed E-state index contributed by atoms with van der Waals surface area (Å²) in [5, 5.41) is 16.1. The van der Waals surface area contributed by atoms with Gasteiger partial charge in [-0.3, -0.25) is 4.79 Å². The second kappa shape index (κ2) is 9.89. The van der Waals surface area contributed by atoms with Gasteiger partial charge < -0.3 is 25.4 Å². The van der Waals surface area contributed by atoms with Gasteiger partial charge in [0.15, 0.2) is 5.96 Å². The van der Waals surface area contributed by atoms with E-state index in [9.17, 15) is 9.90 Å². The summed E-state index contributed by atoms with van der Waals surface area (Å²) in [6.07, 6.45) is 3.27. The molecule has 28 heavy (non-hydrogen) atoms. The average molecular weight is 389 g/mol. The van der Waals surface area contributed by atoms with Crippen LogP contribution in [0.3, 0.4) is 0 Å². The first-order valence-electron chi connectivity index (χ1n) is 10.3. The first-order valence-corrected chi connectivity index (χ1v) is 10.3. The maximum absolute atomic E-state index is 11.9. The summed E-state index contributed by atoms with van der Waals surface area (Å²) < 4.78 is 5.56. The fraction of sp³-hybridized carbons (Fsp3) is 0.619. The van der Waals surface area contributed by atoms with Crippen molar-refractivity contribution in [2.45, 2.75) is 39.2 Å². The van der Waals surface area contributed by atoms with Crippen LogP contribution in [0.4, 0.5) is 5.69 Å². The van der Waals surface area contributed by atoms with E-state index in [0.29, 0.717) is 19.6 Å². The Morgan fingerprint density at radius 3 is 2.75 bits per heavy atom. The number of carbonyl (C=O) groups excluding carboxylic acids is 1. The van der Waals surface area contributed by atoms with Crippen molar-refractivity contribution in [1.29, 1.82) is 0 Å². The third kappa shape index (κ3) is 5.23. The number of aliphatic hydroxyl groups is 1. The minimum atomic E-state index is -0.0190. The van der Waals surface area contributed by atoms with Crippen LogP contribution in [0.1, 0.15) is 38.2 Å². The zero-order chi connectivity index (χ0) is 19.8. The maximum Gasteiger partial charge on any atom is 0.227 e. The van der Waals surface area contributed by atoms with E-state index in [2.05, 4.69) is 15.6 Å². The largest absolute Gasteiger partial charge is 0.396 e. The first-order chi connectivity index (χ1) is 13.7. The molecule has 2 heterocycles. The second-order valence-electron chi connectivity index (χ2n) is 7.64. The van der Waals surface area contributed by atoms with Crippen LogP contribution in [0.15, 0.2) is 29.3 Å². The number of aliphatic imine (C=N–C) groups is 1. The molecule has 0 saturated carbocycles. The number of benzene rings is 1. The molecule has 1 unspecified atom stereocenters. The van der Waals surface area contributed by atoms with Crippen LogP contribution in [0, 0.1) is 5.41 Å². The summed E-state index contributed by atoms with van der Waals surface area (Å²) in [7, 11) is 0. The second-order valence-corrected chi connectivity index (χ2v) is 7.64. The number of guanidine groups is 1. The predicted octanol–water partition coefficient (Wildman–Crippen LogP) is 1.66. The highest BCUT2D eigenvalue weighted by atomic mass is 16.5. The molecule has 3 N–H and O–H groups in total. The van der Waals surface area contributed by atoms with Gasteiger partial charge in [-0.05, 0) is 43.9 Å². The summed E-state index contributed by atoms with van der Waals surface area (Å²) in [5.41, 5.74) is 2.05. The van der Waals surface area contributed by atoms with E-state index in [0.717, 1.165) is 62.7 Å². The van der Waals surface area contributed by atoms with Gasteiger partial charge >= 0.3 is 0 Å². The molecule has 2 fully saturated rings. The quantitative estimate of drug-likeness (QED) is 0.466. The SMILES string of the molecule is CCNC(=NCc1ccc(N2CCCC2=O)cc1)NCC1(CCO)CCOC1. The van der Waals surface area contributed by atoms with Crippen LogP contribution in [-0.2, 0) is 16.1 Å².